The summed E-state index contributed by atoms with van der Waals surface area (Å²) in [7, 11) is 0. The SMILES string of the molecule is Cc1ccc(NC(=O)Nc2cccc(CN3CCN(C(=O)N4CCOCC4)[C@H](C)C3)c2F)cn1. The molecule has 2 aromatic rings. The van der Waals surface area contributed by atoms with Crippen LogP contribution in [0.3, 0.4) is 0 Å². The maximum Gasteiger partial charge on any atom is 0.323 e. The molecule has 2 fully saturated rings. The lowest BCUT2D eigenvalue weighted by molar-refractivity contribution is 0.0283. The van der Waals surface area contributed by atoms with E-state index in [1.807, 2.05) is 23.6 Å². The molecule has 0 saturated carbocycles. The van der Waals surface area contributed by atoms with Crippen LogP contribution < -0.4 is 10.6 Å². The molecular weight excluding hydrogens is 439 g/mol. The largest absolute Gasteiger partial charge is 0.378 e. The fourth-order valence-electron chi connectivity index (χ4n) is 4.26. The Morgan fingerprint density at radius 3 is 2.62 bits per heavy atom. The fourth-order valence-corrected chi connectivity index (χ4v) is 4.26. The van der Waals surface area contributed by atoms with E-state index >= 15 is 4.39 Å². The standard InChI is InChI=1S/C24H31FN6O3/c1-17-6-7-20(14-26-17)27-23(32)28-21-5-3-4-19(22(21)25)16-29-8-9-31(18(2)15-29)24(33)30-10-12-34-13-11-30/h3-7,14,18H,8-13,15-16H2,1-2H3,(H2,27,28,32)/t18-/m1/s1. The molecule has 0 aliphatic carbocycles. The highest BCUT2D eigenvalue weighted by molar-refractivity contribution is 5.99. The Balaban J connectivity index is 1.33. The maximum absolute atomic E-state index is 15.2. The molecule has 2 aliphatic rings. The number of piperazine rings is 1. The van der Waals surface area contributed by atoms with Crippen molar-refractivity contribution < 1.29 is 18.7 Å². The molecule has 0 radical (unpaired) electrons. The number of amides is 4. The number of anilines is 2. The number of hydrogen-bond donors (Lipinski definition) is 2. The summed E-state index contributed by atoms with van der Waals surface area (Å²) in [5.41, 5.74) is 1.97. The minimum Gasteiger partial charge on any atom is -0.378 e. The number of aromatic nitrogens is 1. The Morgan fingerprint density at radius 2 is 1.91 bits per heavy atom. The lowest BCUT2D eigenvalue weighted by Crippen LogP contribution is -2.58. The van der Waals surface area contributed by atoms with E-state index in [0.717, 1.165) is 5.69 Å². The topological polar surface area (TPSA) is 90.0 Å². The number of halogens is 1. The minimum atomic E-state index is -0.537. The molecule has 34 heavy (non-hydrogen) atoms. The second-order valence-corrected chi connectivity index (χ2v) is 8.71. The predicted molar refractivity (Wildman–Crippen MR) is 127 cm³/mol. The average molecular weight is 471 g/mol. The van der Waals surface area contributed by atoms with Gasteiger partial charge in [0.15, 0.2) is 5.82 Å². The molecule has 4 rings (SSSR count). The summed E-state index contributed by atoms with van der Waals surface area (Å²) in [5, 5.41) is 5.23. The summed E-state index contributed by atoms with van der Waals surface area (Å²) in [5.74, 6) is -0.459. The summed E-state index contributed by atoms with van der Waals surface area (Å²) in [6.45, 7) is 8.53. The van der Waals surface area contributed by atoms with Crippen LogP contribution in [0, 0.1) is 12.7 Å². The zero-order valence-corrected chi connectivity index (χ0v) is 19.6. The van der Waals surface area contributed by atoms with Crippen molar-refractivity contribution in [3.05, 3.63) is 53.6 Å². The summed E-state index contributed by atoms with van der Waals surface area (Å²) < 4.78 is 20.5. The van der Waals surface area contributed by atoms with E-state index in [-0.39, 0.29) is 17.8 Å². The smallest absolute Gasteiger partial charge is 0.323 e. The number of nitrogens with one attached hydrogen (secondary N) is 2. The van der Waals surface area contributed by atoms with Gasteiger partial charge >= 0.3 is 12.1 Å². The van der Waals surface area contributed by atoms with Gasteiger partial charge in [0.2, 0.25) is 0 Å². The number of pyridine rings is 1. The van der Waals surface area contributed by atoms with Gasteiger partial charge in [0.1, 0.15) is 0 Å². The van der Waals surface area contributed by atoms with E-state index in [0.29, 0.717) is 63.7 Å². The predicted octanol–water partition coefficient (Wildman–Crippen LogP) is 3.13. The van der Waals surface area contributed by atoms with Gasteiger partial charge in [-0.2, -0.15) is 0 Å². The molecule has 1 aromatic carbocycles. The van der Waals surface area contributed by atoms with Crippen molar-refractivity contribution in [1.29, 1.82) is 0 Å². The van der Waals surface area contributed by atoms with Gasteiger partial charge in [-0.25, -0.2) is 14.0 Å². The number of urea groups is 2. The number of aryl methyl sites for hydroxylation is 1. The Bertz CT molecular complexity index is 1010. The monoisotopic (exact) mass is 470 g/mol. The van der Waals surface area contributed by atoms with E-state index in [2.05, 4.69) is 20.5 Å². The molecule has 182 valence electrons. The van der Waals surface area contributed by atoms with E-state index < -0.39 is 11.8 Å². The van der Waals surface area contributed by atoms with Crippen LogP contribution in [-0.4, -0.2) is 83.7 Å². The minimum absolute atomic E-state index is 0.0161. The zero-order valence-electron chi connectivity index (χ0n) is 19.6. The summed E-state index contributed by atoms with van der Waals surface area (Å²) >= 11 is 0. The van der Waals surface area contributed by atoms with Gasteiger partial charge in [-0.05, 0) is 32.0 Å². The molecule has 2 N–H and O–H groups in total. The number of hydrogen-bond acceptors (Lipinski definition) is 5. The van der Waals surface area contributed by atoms with E-state index in [1.165, 1.54) is 6.07 Å². The maximum atomic E-state index is 15.2. The number of rotatable bonds is 4. The molecule has 1 atom stereocenters. The van der Waals surface area contributed by atoms with Crippen molar-refractivity contribution in [3.63, 3.8) is 0 Å². The lowest BCUT2D eigenvalue weighted by Gasteiger charge is -2.42. The molecule has 2 aliphatic heterocycles. The van der Waals surface area contributed by atoms with Crippen molar-refractivity contribution >= 4 is 23.4 Å². The number of ether oxygens (including phenoxy) is 1. The molecular formula is C24H31FN6O3. The third-order valence-corrected chi connectivity index (χ3v) is 6.13. The Kier molecular flexibility index (Phi) is 7.59. The first-order valence-corrected chi connectivity index (χ1v) is 11.5. The molecule has 3 heterocycles. The Morgan fingerprint density at radius 1 is 1.12 bits per heavy atom. The van der Waals surface area contributed by atoms with Crippen LogP contribution in [0.1, 0.15) is 18.2 Å². The van der Waals surface area contributed by atoms with Gasteiger partial charge < -0.3 is 25.2 Å². The normalized spacial score (nSPS) is 19.1. The van der Waals surface area contributed by atoms with Crippen molar-refractivity contribution in [1.82, 2.24) is 19.7 Å². The molecule has 10 heteroatoms. The summed E-state index contributed by atoms with van der Waals surface area (Å²) in [4.78, 5) is 35.2. The van der Waals surface area contributed by atoms with Gasteiger partial charge in [-0.1, -0.05) is 12.1 Å². The van der Waals surface area contributed by atoms with Crippen molar-refractivity contribution in [3.8, 4) is 0 Å². The van der Waals surface area contributed by atoms with Crippen LogP contribution in [-0.2, 0) is 11.3 Å². The number of morpholine rings is 1. The van der Waals surface area contributed by atoms with Crippen LogP contribution >= 0.6 is 0 Å². The highest BCUT2D eigenvalue weighted by Crippen LogP contribution is 2.22. The van der Waals surface area contributed by atoms with Crippen LogP contribution in [0.2, 0.25) is 0 Å². The van der Waals surface area contributed by atoms with Gasteiger partial charge in [0.05, 0.1) is 30.8 Å². The van der Waals surface area contributed by atoms with Gasteiger partial charge in [-0.3, -0.25) is 9.88 Å². The lowest BCUT2D eigenvalue weighted by atomic mass is 10.1. The second-order valence-electron chi connectivity index (χ2n) is 8.71. The Labute approximate surface area is 198 Å². The number of benzene rings is 1. The van der Waals surface area contributed by atoms with Gasteiger partial charge in [0, 0.05) is 56.6 Å². The van der Waals surface area contributed by atoms with Crippen LogP contribution in [0.5, 0.6) is 0 Å². The molecule has 0 unspecified atom stereocenters. The van der Waals surface area contributed by atoms with Gasteiger partial charge in [0.25, 0.3) is 0 Å². The molecule has 2 saturated heterocycles. The highest BCUT2D eigenvalue weighted by Gasteiger charge is 2.31. The van der Waals surface area contributed by atoms with Crippen LogP contribution in [0.25, 0.3) is 0 Å². The third-order valence-electron chi connectivity index (χ3n) is 6.13. The molecule has 0 bridgehead atoms. The highest BCUT2D eigenvalue weighted by atomic mass is 19.1. The van der Waals surface area contributed by atoms with Crippen LogP contribution in [0.15, 0.2) is 36.5 Å². The number of nitrogens with zero attached hydrogens (tertiary/aromatic N) is 4. The third kappa shape index (κ3) is 5.81. The average Bonchev–Trinajstić information content (AvgIpc) is 2.83. The quantitative estimate of drug-likeness (QED) is 0.717. The van der Waals surface area contributed by atoms with Crippen molar-refractivity contribution in [2.45, 2.75) is 26.4 Å². The first-order chi connectivity index (χ1) is 16.4. The molecule has 9 nitrogen and oxygen atoms in total. The molecule has 1 aromatic heterocycles. The second kappa shape index (κ2) is 10.8. The fraction of sp³-hybridized carbons (Fsp3) is 0.458. The summed E-state index contributed by atoms with van der Waals surface area (Å²) in [6.07, 6.45) is 1.55. The first kappa shape index (κ1) is 23.9. The Hall–Kier alpha value is -3.24. The van der Waals surface area contributed by atoms with E-state index in [1.54, 1.807) is 30.5 Å². The van der Waals surface area contributed by atoms with Gasteiger partial charge in [-0.15, -0.1) is 0 Å². The van der Waals surface area contributed by atoms with Crippen LogP contribution in [0.4, 0.5) is 25.4 Å². The van der Waals surface area contributed by atoms with Crippen molar-refractivity contribution in [2.24, 2.45) is 0 Å². The molecule has 0 spiro atoms. The number of carbonyl (C=O) groups is 2. The number of carbonyl (C=O) groups excluding carboxylic acids is 2. The summed E-state index contributed by atoms with van der Waals surface area (Å²) in [6, 6.07) is 8.02. The van der Waals surface area contributed by atoms with E-state index in [9.17, 15) is 9.59 Å². The first-order valence-electron chi connectivity index (χ1n) is 11.5. The molecule has 4 amide bonds. The van der Waals surface area contributed by atoms with E-state index in [4.69, 9.17) is 4.74 Å². The zero-order chi connectivity index (χ0) is 24.1. The van der Waals surface area contributed by atoms with Crippen molar-refractivity contribution in [2.75, 3.05) is 56.6 Å².